The van der Waals surface area contributed by atoms with E-state index in [1.54, 1.807) is 18.2 Å². The van der Waals surface area contributed by atoms with Gasteiger partial charge in [-0.1, -0.05) is 59.1 Å². The molecule has 0 aliphatic carbocycles. The van der Waals surface area contributed by atoms with Crippen LogP contribution in [0.15, 0.2) is 77.4 Å². The summed E-state index contributed by atoms with van der Waals surface area (Å²) >= 11 is 11.9. The predicted molar refractivity (Wildman–Crippen MR) is 119 cm³/mol. The fourth-order valence-electron chi connectivity index (χ4n) is 2.92. The summed E-state index contributed by atoms with van der Waals surface area (Å²) in [5.41, 5.74) is 3.84. The molecule has 150 valence electrons. The van der Waals surface area contributed by atoms with Crippen molar-refractivity contribution in [3.63, 3.8) is 0 Å². The summed E-state index contributed by atoms with van der Waals surface area (Å²) in [6, 6.07) is 20.4. The molecule has 0 saturated carbocycles. The molecule has 1 aliphatic heterocycles. The first kappa shape index (κ1) is 20.2. The summed E-state index contributed by atoms with van der Waals surface area (Å²) in [7, 11) is 0. The summed E-state index contributed by atoms with van der Waals surface area (Å²) in [4.78, 5) is 16.5. The maximum Gasteiger partial charge on any atom is 0.363 e. The summed E-state index contributed by atoms with van der Waals surface area (Å²) in [6.07, 6.45) is 1.69. The molecule has 3 aromatic rings. The van der Waals surface area contributed by atoms with Crippen LogP contribution in [0.2, 0.25) is 10.0 Å². The van der Waals surface area contributed by atoms with Gasteiger partial charge in [-0.2, -0.15) is 0 Å². The maximum absolute atomic E-state index is 12.2. The lowest BCUT2D eigenvalue weighted by molar-refractivity contribution is -0.129. The highest BCUT2D eigenvalue weighted by Crippen LogP contribution is 2.24. The van der Waals surface area contributed by atoms with Gasteiger partial charge in [-0.05, 0) is 60.5 Å². The summed E-state index contributed by atoms with van der Waals surface area (Å²) in [5.74, 6) is 0.546. The Morgan fingerprint density at radius 1 is 1.00 bits per heavy atom. The SMILES string of the molecule is Cc1cccc(C2=N/C(=C\c3ccc(OCc4ccc(Cl)c(Cl)c4)cc3)C(=O)O2)c1. The fourth-order valence-corrected chi connectivity index (χ4v) is 3.25. The molecule has 4 rings (SSSR count). The van der Waals surface area contributed by atoms with Crippen molar-refractivity contribution >= 4 is 41.1 Å². The van der Waals surface area contributed by atoms with Crippen LogP contribution in [0, 0.1) is 6.92 Å². The minimum atomic E-state index is -0.466. The monoisotopic (exact) mass is 437 g/mol. The third kappa shape index (κ3) is 4.73. The lowest BCUT2D eigenvalue weighted by atomic mass is 10.1. The highest BCUT2D eigenvalue weighted by Gasteiger charge is 2.24. The van der Waals surface area contributed by atoms with E-state index in [2.05, 4.69) is 4.99 Å². The second-order valence-corrected chi connectivity index (χ2v) is 7.63. The zero-order valence-corrected chi connectivity index (χ0v) is 17.6. The molecule has 1 aliphatic rings. The Hall–Kier alpha value is -3.08. The molecule has 0 N–H and O–H groups in total. The van der Waals surface area contributed by atoms with Crippen LogP contribution in [-0.4, -0.2) is 11.9 Å². The van der Waals surface area contributed by atoms with Gasteiger partial charge in [-0.3, -0.25) is 0 Å². The predicted octanol–water partition coefficient (Wildman–Crippen LogP) is 6.23. The van der Waals surface area contributed by atoms with Gasteiger partial charge in [0, 0.05) is 5.56 Å². The van der Waals surface area contributed by atoms with Gasteiger partial charge in [0.2, 0.25) is 5.90 Å². The molecule has 0 atom stereocenters. The van der Waals surface area contributed by atoms with Gasteiger partial charge in [-0.25, -0.2) is 9.79 Å². The van der Waals surface area contributed by atoms with Crippen molar-refractivity contribution < 1.29 is 14.3 Å². The zero-order valence-electron chi connectivity index (χ0n) is 16.1. The van der Waals surface area contributed by atoms with Gasteiger partial charge >= 0.3 is 5.97 Å². The Morgan fingerprint density at radius 3 is 2.53 bits per heavy atom. The Bertz CT molecular complexity index is 1170. The fraction of sp³-hybridized carbons (Fsp3) is 0.0833. The first-order chi connectivity index (χ1) is 14.5. The van der Waals surface area contributed by atoms with Crippen LogP contribution in [-0.2, 0) is 16.1 Å². The number of aryl methyl sites for hydroxylation is 1. The molecule has 6 heteroatoms. The van der Waals surface area contributed by atoms with Gasteiger partial charge in [0.1, 0.15) is 12.4 Å². The zero-order chi connectivity index (χ0) is 21.1. The highest BCUT2D eigenvalue weighted by atomic mass is 35.5. The number of benzene rings is 3. The molecule has 0 amide bonds. The van der Waals surface area contributed by atoms with Crippen molar-refractivity contribution in [3.8, 4) is 5.75 Å². The average Bonchev–Trinajstić information content (AvgIpc) is 3.10. The molecular weight excluding hydrogens is 421 g/mol. The number of hydrogen-bond acceptors (Lipinski definition) is 4. The minimum absolute atomic E-state index is 0.260. The minimum Gasteiger partial charge on any atom is -0.489 e. The van der Waals surface area contributed by atoms with Crippen LogP contribution in [0.25, 0.3) is 6.08 Å². The second kappa shape index (κ2) is 8.74. The third-order valence-corrected chi connectivity index (χ3v) is 5.20. The van der Waals surface area contributed by atoms with Crippen LogP contribution in [0.3, 0.4) is 0 Å². The number of nitrogens with zero attached hydrogens (tertiary/aromatic N) is 1. The number of aliphatic imine (C=N–C) groups is 1. The van der Waals surface area contributed by atoms with E-state index >= 15 is 0 Å². The number of carbonyl (C=O) groups excluding carboxylic acids is 1. The number of carbonyl (C=O) groups is 1. The summed E-state index contributed by atoms with van der Waals surface area (Å²) in [6.45, 7) is 2.34. The molecule has 4 nitrogen and oxygen atoms in total. The molecule has 0 spiro atoms. The lowest BCUT2D eigenvalue weighted by Gasteiger charge is -2.07. The Morgan fingerprint density at radius 2 is 1.80 bits per heavy atom. The normalized spacial score (nSPS) is 14.6. The molecule has 0 saturated heterocycles. The van der Waals surface area contributed by atoms with E-state index in [1.807, 2.05) is 61.5 Å². The molecular formula is C24H17Cl2NO3. The Balaban J connectivity index is 1.45. The van der Waals surface area contributed by atoms with E-state index in [-0.39, 0.29) is 5.70 Å². The van der Waals surface area contributed by atoms with E-state index < -0.39 is 5.97 Å². The van der Waals surface area contributed by atoms with E-state index in [1.165, 1.54) is 0 Å². The third-order valence-electron chi connectivity index (χ3n) is 4.46. The first-order valence-electron chi connectivity index (χ1n) is 9.24. The topological polar surface area (TPSA) is 47.9 Å². The smallest absolute Gasteiger partial charge is 0.363 e. The molecule has 30 heavy (non-hydrogen) atoms. The van der Waals surface area contributed by atoms with Crippen LogP contribution >= 0.6 is 23.2 Å². The molecule has 0 unspecified atom stereocenters. The van der Waals surface area contributed by atoms with E-state index in [9.17, 15) is 4.79 Å². The number of hydrogen-bond donors (Lipinski definition) is 0. The highest BCUT2D eigenvalue weighted by molar-refractivity contribution is 6.42. The number of esters is 1. The van der Waals surface area contributed by atoms with Gasteiger partial charge in [0.15, 0.2) is 5.70 Å². The molecule has 3 aromatic carbocycles. The van der Waals surface area contributed by atoms with Crippen molar-refractivity contribution in [2.45, 2.75) is 13.5 Å². The molecule has 0 bridgehead atoms. The molecule has 0 fully saturated rings. The molecule has 0 radical (unpaired) electrons. The Labute approximate surface area is 184 Å². The van der Waals surface area contributed by atoms with E-state index in [0.717, 1.165) is 22.3 Å². The standard InChI is InChI=1S/C24H17Cl2NO3/c1-15-3-2-4-18(11-15)23-27-22(24(28)30-23)13-16-5-8-19(9-6-16)29-14-17-7-10-20(25)21(26)12-17/h2-13H,14H2,1H3/b22-13-. The van der Waals surface area contributed by atoms with Crippen LogP contribution in [0.1, 0.15) is 22.3 Å². The van der Waals surface area contributed by atoms with Crippen LogP contribution < -0.4 is 4.74 Å². The summed E-state index contributed by atoms with van der Waals surface area (Å²) < 4.78 is 11.1. The van der Waals surface area contributed by atoms with Crippen LogP contribution in [0.5, 0.6) is 5.75 Å². The first-order valence-corrected chi connectivity index (χ1v) is 10.00. The van der Waals surface area contributed by atoms with Gasteiger partial charge < -0.3 is 9.47 Å². The largest absolute Gasteiger partial charge is 0.489 e. The average molecular weight is 438 g/mol. The molecule has 1 heterocycles. The van der Waals surface area contributed by atoms with Crippen molar-refractivity contribution in [1.82, 2.24) is 0 Å². The van der Waals surface area contributed by atoms with Crippen molar-refractivity contribution in [2.24, 2.45) is 4.99 Å². The number of halogens is 2. The number of ether oxygens (including phenoxy) is 2. The lowest BCUT2D eigenvalue weighted by Crippen LogP contribution is -2.05. The summed E-state index contributed by atoms with van der Waals surface area (Å²) in [5, 5.41) is 1.00. The maximum atomic E-state index is 12.2. The second-order valence-electron chi connectivity index (χ2n) is 6.81. The van der Waals surface area contributed by atoms with Gasteiger partial charge in [-0.15, -0.1) is 0 Å². The van der Waals surface area contributed by atoms with Crippen molar-refractivity contribution in [2.75, 3.05) is 0 Å². The number of rotatable bonds is 5. The van der Waals surface area contributed by atoms with Crippen molar-refractivity contribution in [3.05, 3.63) is 105 Å². The number of cyclic esters (lactones) is 1. The quantitative estimate of drug-likeness (QED) is 0.351. The Kier molecular flexibility index (Phi) is 5.88. The van der Waals surface area contributed by atoms with Crippen molar-refractivity contribution in [1.29, 1.82) is 0 Å². The van der Waals surface area contributed by atoms with Gasteiger partial charge in [0.25, 0.3) is 0 Å². The van der Waals surface area contributed by atoms with E-state index in [4.69, 9.17) is 32.7 Å². The van der Waals surface area contributed by atoms with Gasteiger partial charge in [0.05, 0.1) is 10.0 Å². The molecule has 0 aromatic heterocycles. The van der Waals surface area contributed by atoms with Crippen LogP contribution in [0.4, 0.5) is 0 Å². The van der Waals surface area contributed by atoms with E-state index in [0.29, 0.717) is 28.3 Å².